The van der Waals surface area contributed by atoms with Crippen LogP contribution in [0.3, 0.4) is 0 Å². The second-order valence-corrected chi connectivity index (χ2v) is 7.76. The van der Waals surface area contributed by atoms with Gasteiger partial charge < -0.3 is 9.64 Å². The third kappa shape index (κ3) is 3.93. The van der Waals surface area contributed by atoms with E-state index < -0.39 is 15.8 Å². The van der Waals surface area contributed by atoms with Crippen molar-refractivity contribution in [1.29, 1.82) is 0 Å². The Morgan fingerprint density at radius 2 is 1.76 bits per heavy atom. The molecule has 1 fully saturated rings. The minimum absolute atomic E-state index is 0.0746. The number of hydrogen-bond donors (Lipinski definition) is 1. The standard InChI is InChI=1S/C18H21FN2O3S/c1-13-12-16(21-7-9-24-10-8-21)4-5-17(13)20-25(22,23)18-6-3-15(19)11-14(18)2/h3-6,11-12,20H,7-10H2,1-2H3. The molecule has 134 valence electrons. The van der Waals surface area contributed by atoms with E-state index >= 15 is 0 Å². The Labute approximate surface area is 147 Å². The Hall–Kier alpha value is -2.12. The third-order valence-electron chi connectivity index (χ3n) is 4.26. The molecule has 0 unspecified atom stereocenters. The van der Waals surface area contributed by atoms with Gasteiger partial charge in [0, 0.05) is 18.8 Å². The monoisotopic (exact) mass is 364 g/mol. The summed E-state index contributed by atoms with van der Waals surface area (Å²) < 4.78 is 46.4. The summed E-state index contributed by atoms with van der Waals surface area (Å²) in [4.78, 5) is 2.28. The van der Waals surface area contributed by atoms with Crippen molar-refractivity contribution >= 4 is 21.4 Å². The summed E-state index contributed by atoms with van der Waals surface area (Å²) in [6.45, 7) is 6.46. The largest absolute Gasteiger partial charge is 0.378 e. The Morgan fingerprint density at radius 3 is 2.40 bits per heavy atom. The fraction of sp³-hybridized carbons (Fsp3) is 0.333. The van der Waals surface area contributed by atoms with Crippen molar-refractivity contribution in [2.75, 3.05) is 35.9 Å². The van der Waals surface area contributed by atoms with Gasteiger partial charge in [0.1, 0.15) is 5.82 Å². The quantitative estimate of drug-likeness (QED) is 0.906. The molecule has 0 radical (unpaired) electrons. The first kappa shape index (κ1) is 17.7. The number of nitrogens with one attached hydrogen (secondary N) is 1. The molecule has 0 aromatic heterocycles. The van der Waals surface area contributed by atoms with Crippen LogP contribution >= 0.6 is 0 Å². The van der Waals surface area contributed by atoms with E-state index in [1.807, 2.05) is 19.1 Å². The molecule has 7 heteroatoms. The van der Waals surface area contributed by atoms with Gasteiger partial charge in [-0.3, -0.25) is 4.72 Å². The molecular weight excluding hydrogens is 343 g/mol. The molecule has 0 aliphatic carbocycles. The Kier molecular flexibility index (Phi) is 4.96. The zero-order chi connectivity index (χ0) is 18.0. The van der Waals surface area contributed by atoms with Crippen molar-refractivity contribution in [3.05, 3.63) is 53.3 Å². The highest BCUT2D eigenvalue weighted by atomic mass is 32.2. The number of halogens is 1. The van der Waals surface area contributed by atoms with Crippen molar-refractivity contribution in [2.24, 2.45) is 0 Å². The van der Waals surface area contributed by atoms with Crippen LogP contribution in [0.25, 0.3) is 0 Å². The molecule has 5 nitrogen and oxygen atoms in total. The fourth-order valence-corrected chi connectivity index (χ4v) is 4.25. The number of nitrogens with zero attached hydrogens (tertiary/aromatic N) is 1. The average molecular weight is 364 g/mol. The highest BCUT2D eigenvalue weighted by molar-refractivity contribution is 7.92. The van der Waals surface area contributed by atoms with Crippen LogP contribution in [0.15, 0.2) is 41.3 Å². The predicted octanol–water partition coefficient (Wildman–Crippen LogP) is 3.08. The lowest BCUT2D eigenvalue weighted by molar-refractivity contribution is 0.122. The summed E-state index contributed by atoms with van der Waals surface area (Å²) in [5.74, 6) is -0.456. The first-order chi connectivity index (χ1) is 11.9. The Morgan fingerprint density at radius 1 is 1.04 bits per heavy atom. The Balaban J connectivity index is 1.84. The number of hydrogen-bond acceptors (Lipinski definition) is 4. The molecular formula is C18H21FN2O3S. The molecule has 2 aromatic carbocycles. The van der Waals surface area contributed by atoms with E-state index in [2.05, 4.69) is 9.62 Å². The molecule has 2 aromatic rings. The lowest BCUT2D eigenvalue weighted by Crippen LogP contribution is -2.36. The number of aryl methyl sites for hydroxylation is 2. The van der Waals surface area contributed by atoms with E-state index in [1.165, 1.54) is 12.1 Å². The van der Waals surface area contributed by atoms with Crippen LogP contribution in [-0.4, -0.2) is 34.7 Å². The van der Waals surface area contributed by atoms with E-state index in [1.54, 1.807) is 13.0 Å². The minimum Gasteiger partial charge on any atom is -0.378 e. The molecule has 1 saturated heterocycles. The molecule has 0 spiro atoms. The van der Waals surface area contributed by atoms with Crippen molar-refractivity contribution in [2.45, 2.75) is 18.7 Å². The van der Waals surface area contributed by atoms with Gasteiger partial charge in [-0.25, -0.2) is 12.8 Å². The number of sulfonamides is 1. The summed E-state index contributed by atoms with van der Waals surface area (Å²) in [5, 5.41) is 0. The zero-order valence-electron chi connectivity index (χ0n) is 14.3. The zero-order valence-corrected chi connectivity index (χ0v) is 15.1. The first-order valence-corrected chi connectivity index (χ1v) is 9.57. The first-order valence-electron chi connectivity index (χ1n) is 8.09. The van der Waals surface area contributed by atoms with E-state index in [0.29, 0.717) is 24.5 Å². The molecule has 0 bridgehead atoms. The number of ether oxygens (including phenoxy) is 1. The molecule has 1 aliphatic rings. The molecule has 1 N–H and O–H groups in total. The van der Waals surface area contributed by atoms with Crippen molar-refractivity contribution in [3.8, 4) is 0 Å². The van der Waals surface area contributed by atoms with E-state index in [-0.39, 0.29) is 4.90 Å². The summed E-state index contributed by atoms with van der Waals surface area (Å²) >= 11 is 0. The minimum atomic E-state index is -3.77. The van der Waals surface area contributed by atoms with Crippen molar-refractivity contribution < 1.29 is 17.5 Å². The molecule has 1 aliphatic heterocycles. The average Bonchev–Trinajstić information content (AvgIpc) is 2.57. The molecule has 3 rings (SSSR count). The van der Waals surface area contributed by atoms with Gasteiger partial charge >= 0.3 is 0 Å². The third-order valence-corrected chi connectivity index (χ3v) is 5.78. The van der Waals surface area contributed by atoms with Crippen molar-refractivity contribution in [1.82, 2.24) is 0 Å². The molecule has 0 saturated carbocycles. The van der Waals surface area contributed by atoms with Gasteiger partial charge in [-0.05, 0) is 61.4 Å². The van der Waals surface area contributed by atoms with Gasteiger partial charge in [0.2, 0.25) is 0 Å². The van der Waals surface area contributed by atoms with Gasteiger partial charge in [0.25, 0.3) is 10.0 Å². The highest BCUT2D eigenvalue weighted by Crippen LogP contribution is 2.26. The molecule has 0 amide bonds. The number of morpholine rings is 1. The maximum Gasteiger partial charge on any atom is 0.262 e. The fourth-order valence-electron chi connectivity index (χ4n) is 2.89. The van der Waals surface area contributed by atoms with Crippen molar-refractivity contribution in [3.63, 3.8) is 0 Å². The van der Waals surface area contributed by atoms with Crippen LogP contribution in [-0.2, 0) is 14.8 Å². The maximum absolute atomic E-state index is 13.2. The SMILES string of the molecule is Cc1cc(N2CCOCC2)ccc1NS(=O)(=O)c1ccc(F)cc1C. The van der Waals surface area contributed by atoms with Crippen LogP contribution < -0.4 is 9.62 Å². The summed E-state index contributed by atoms with van der Waals surface area (Å²) in [6.07, 6.45) is 0. The van der Waals surface area contributed by atoms with Crippen LogP contribution in [0.1, 0.15) is 11.1 Å². The second kappa shape index (κ2) is 7.01. The second-order valence-electron chi connectivity index (χ2n) is 6.11. The smallest absolute Gasteiger partial charge is 0.262 e. The number of rotatable bonds is 4. The van der Waals surface area contributed by atoms with Gasteiger partial charge in [-0.1, -0.05) is 0 Å². The van der Waals surface area contributed by atoms with Gasteiger partial charge in [-0.2, -0.15) is 0 Å². The van der Waals surface area contributed by atoms with E-state index in [4.69, 9.17) is 4.74 Å². The van der Waals surface area contributed by atoms with Crippen LogP contribution in [0.5, 0.6) is 0 Å². The van der Waals surface area contributed by atoms with E-state index in [9.17, 15) is 12.8 Å². The van der Waals surface area contributed by atoms with Gasteiger partial charge in [0.05, 0.1) is 23.8 Å². The van der Waals surface area contributed by atoms with Gasteiger partial charge in [-0.15, -0.1) is 0 Å². The maximum atomic E-state index is 13.2. The summed E-state index contributed by atoms with van der Waals surface area (Å²) in [5.41, 5.74) is 2.75. The Bertz CT molecular complexity index is 878. The summed E-state index contributed by atoms with van der Waals surface area (Å²) in [6, 6.07) is 9.26. The van der Waals surface area contributed by atoms with Crippen LogP contribution in [0.2, 0.25) is 0 Å². The highest BCUT2D eigenvalue weighted by Gasteiger charge is 2.19. The van der Waals surface area contributed by atoms with Gasteiger partial charge in [0.15, 0.2) is 0 Å². The molecule has 25 heavy (non-hydrogen) atoms. The van der Waals surface area contributed by atoms with Crippen LogP contribution in [0.4, 0.5) is 15.8 Å². The van der Waals surface area contributed by atoms with Crippen LogP contribution in [0, 0.1) is 19.7 Å². The topological polar surface area (TPSA) is 58.6 Å². The molecule has 1 heterocycles. The molecule has 0 atom stereocenters. The predicted molar refractivity (Wildman–Crippen MR) is 96.2 cm³/mol. The lowest BCUT2D eigenvalue weighted by atomic mass is 10.1. The number of anilines is 2. The summed E-state index contributed by atoms with van der Waals surface area (Å²) in [7, 11) is -3.77. The normalized spacial score (nSPS) is 15.2. The lowest BCUT2D eigenvalue weighted by Gasteiger charge is -2.29. The number of benzene rings is 2. The van der Waals surface area contributed by atoms with E-state index in [0.717, 1.165) is 30.4 Å².